The zero-order chi connectivity index (χ0) is 17.6. The molecule has 22 heavy (non-hydrogen) atoms. The molecule has 3 N–H and O–H groups in total. The highest BCUT2D eigenvalue weighted by molar-refractivity contribution is 6.77. The number of rotatable bonds is 11. The molecule has 0 aromatic heterocycles. The summed E-state index contributed by atoms with van der Waals surface area (Å²) in [5.74, 6) is 0. The maximum absolute atomic E-state index is 10.8. The van der Waals surface area contributed by atoms with Crippen molar-refractivity contribution in [3.05, 3.63) is 0 Å². The molecule has 3 unspecified atom stereocenters. The Morgan fingerprint density at radius 3 is 2.05 bits per heavy atom. The average molecular weight is 367 g/mol. The zero-order valence-corrected chi connectivity index (χ0v) is 18.8. The van der Waals surface area contributed by atoms with Crippen LogP contribution < -0.4 is 0 Å². The molecule has 0 saturated heterocycles. The van der Waals surface area contributed by atoms with Crippen molar-refractivity contribution in [1.82, 2.24) is 0 Å². The van der Waals surface area contributed by atoms with Crippen molar-refractivity contribution >= 4 is 25.4 Å². The number of hydrogen-bond donors (Lipinski definition) is 3. The summed E-state index contributed by atoms with van der Waals surface area (Å²) in [4.78, 5) is 0. The van der Waals surface area contributed by atoms with Gasteiger partial charge in [0.05, 0.1) is 12.2 Å². The predicted molar refractivity (Wildman–Crippen MR) is 102 cm³/mol. The first kappa shape index (κ1) is 22.5. The highest BCUT2D eigenvalue weighted by atomic mass is 28.4. The molecule has 0 saturated carbocycles. The second-order valence-corrected chi connectivity index (χ2v) is 21.8. The van der Waals surface area contributed by atoms with Crippen molar-refractivity contribution in [2.75, 3.05) is 6.61 Å². The lowest BCUT2D eigenvalue weighted by Gasteiger charge is -2.34. The van der Waals surface area contributed by atoms with Gasteiger partial charge >= 0.3 is 0 Å². The van der Waals surface area contributed by atoms with Gasteiger partial charge in [0.1, 0.15) is 6.10 Å². The van der Waals surface area contributed by atoms with Gasteiger partial charge in [-0.3, -0.25) is 0 Å². The summed E-state index contributed by atoms with van der Waals surface area (Å²) >= 11 is 0. The van der Waals surface area contributed by atoms with Gasteiger partial charge in [-0.05, 0) is 45.1 Å². The maximum atomic E-state index is 10.8. The van der Waals surface area contributed by atoms with Crippen LogP contribution >= 0.6 is 0 Å². The minimum atomic E-state index is -1.47. The van der Waals surface area contributed by atoms with Crippen LogP contribution in [0.25, 0.3) is 0 Å². The molecule has 134 valence electrons. The fourth-order valence-electron chi connectivity index (χ4n) is 2.58. The maximum Gasteiger partial charge on any atom is 0.170 e. The molecule has 0 aliphatic rings. The van der Waals surface area contributed by atoms with Crippen molar-refractivity contribution in [1.29, 1.82) is 0 Å². The van der Waals surface area contributed by atoms with Gasteiger partial charge in [0.2, 0.25) is 0 Å². The molecule has 0 fully saturated rings. The van der Waals surface area contributed by atoms with E-state index < -0.39 is 37.1 Å². The van der Waals surface area contributed by atoms with Gasteiger partial charge in [-0.15, -0.1) is 0 Å². The summed E-state index contributed by atoms with van der Waals surface area (Å²) in [5.41, 5.74) is -1.15. The monoisotopic (exact) mass is 366 g/mol. The fraction of sp³-hybridized carbons (Fsp3) is 1.00. The van der Waals surface area contributed by atoms with Gasteiger partial charge in [0.25, 0.3) is 0 Å². The topological polar surface area (TPSA) is 69.9 Å². The van der Waals surface area contributed by atoms with Crippen LogP contribution in [-0.4, -0.2) is 59.1 Å². The lowest BCUT2D eigenvalue weighted by Crippen LogP contribution is -2.46. The van der Waals surface area contributed by atoms with Gasteiger partial charge in [-0.1, -0.05) is 32.1 Å². The van der Waals surface area contributed by atoms with Gasteiger partial charge < -0.3 is 19.4 Å². The molecule has 0 radical (unpaired) electrons. The van der Waals surface area contributed by atoms with E-state index in [1.807, 2.05) is 0 Å². The van der Waals surface area contributed by atoms with E-state index in [0.29, 0.717) is 12.8 Å². The molecule has 0 aliphatic carbocycles. The van der Waals surface area contributed by atoms with Gasteiger partial charge in [-0.2, -0.15) is 0 Å². The van der Waals surface area contributed by atoms with E-state index in [1.54, 1.807) is 0 Å². The normalized spacial score (nSPS) is 18.8. The van der Waals surface area contributed by atoms with E-state index in [4.69, 9.17) is 4.12 Å². The predicted octanol–water partition coefficient (Wildman–Crippen LogP) is 2.78. The molecule has 4 nitrogen and oxygen atoms in total. The first-order valence-electron chi connectivity index (χ1n) is 8.48. The highest BCUT2D eigenvalue weighted by Crippen LogP contribution is 2.28. The number of aliphatic hydroxyl groups is 3. The molecule has 0 spiro atoms. The SMILES string of the molecule is C[SiH](CCCC(O)(CC[Si](C)(C)C)C(O)CO)O[Si](C)(C)C. The Labute approximate surface area is 140 Å². The number of hydrogen-bond acceptors (Lipinski definition) is 4. The van der Waals surface area contributed by atoms with Crippen LogP contribution in [0.1, 0.15) is 19.3 Å². The lowest BCUT2D eigenvalue weighted by molar-refractivity contribution is -0.102. The highest BCUT2D eigenvalue weighted by Gasteiger charge is 2.36. The third-order valence-corrected chi connectivity index (χ3v) is 11.3. The van der Waals surface area contributed by atoms with Crippen molar-refractivity contribution in [3.63, 3.8) is 0 Å². The molecule has 0 heterocycles. The van der Waals surface area contributed by atoms with Crippen LogP contribution in [0, 0.1) is 0 Å². The molecule has 0 aromatic rings. The van der Waals surface area contributed by atoms with E-state index in [-0.39, 0.29) is 6.61 Å². The van der Waals surface area contributed by atoms with E-state index in [2.05, 4.69) is 45.8 Å². The minimum absolute atomic E-state index is 0.374. The molecule has 0 amide bonds. The van der Waals surface area contributed by atoms with Crippen LogP contribution in [0.3, 0.4) is 0 Å². The largest absolute Gasteiger partial charge is 0.458 e. The van der Waals surface area contributed by atoms with Gasteiger partial charge in [0, 0.05) is 8.07 Å². The summed E-state index contributed by atoms with van der Waals surface area (Å²) in [6.07, 6.45) is 0.941. The van der Waals surface area contributed by atoms with Gasteiger partial charge in [0.15, 0.2) is 17.4 Å². The third-order valence-electron chi connectivity index (χ3n) is 3.88. The third kappa shape index (κ3) is 10.3. The molecule has 7 heteroatoms. The van der Waals surface area contributed by atoms with E-state index >= 15 is 0 Å². The summed E-state index contributed by atoms with van der Waals surface area (Å²) in [5, 5.41) is 30.1. The Balaban J connectivity index is 4.48. The summed E-state index contributed by atoms with van der Waals surface area (Å²) < 4.78 is 6.14. The average Bonchev–Trinajstić information content (AvgIpc) is 2.32. The molecular formula is C15H38O4Si3. The van der Waals surface area contributed by atoms with Gasteiger partial charge in [-0.25, -0.2) is 0 Å². The van der Waals surface area contributed by atoms with Crippen LogP contribution in [0.4, 0.5) is 0 Å². The van der Waals surface area contributed by atoms with E-state index in [0.717, 1.165) is 18.5 Å². The van der Waals surface area contributed by atoms with E-state index in [1.165, 1.54) is 0 Å². The first-order chi connectivity index (χ1) is 9.79. The molecular weight excluding hydrogens is 328 g/mol. The first-order valence-corrected chi connectivity index (χ1v) is 18.0. The second-order valence-electron chi connectivity index (χ2n) is 8.80. The van der Waals surface area contributed by atoms with Crippen LogP contribution in [-0.2, 0) is 4.12 Å². The smallest absolute Gasteiger partial charge is 0.170 e. The second kappa shape index (κ2) is 9.10. The zero-order valence-electron chi connectivity index (χ0n) is 15.6. The van der Waals surface area contributed by atoms with Crippen LogP contribution in [0.15, 0.2) is 0 Å². The summed E-state index contributed by atoms with van der Waals surface area (Å²) in [6, 6.07) is 1.97. The minimum Gasteiger partial charge on any atom is -0.458 e. The Morgan fingerprint density at radius 2 is 1.64 bits per heavy atom. The van der Waals surface area contributed by atoms with Crippen molar-refractivity contribution in [2.45, 2.75) is 88.9 Å². The molecule has 0 aromatic carbocycles. The number of aliphatic hydroxyl groups excluding tert-OH is 2. The standard InChI is InChI=1S/C15H38O4Si3/c1-20(19-22(5,6)7)11-8-9-15(18,14(17)13-16)10-12-21(2,3)4/h14,16-18,20H,8-13H2,1-7H3. The Kier molecular flexibility index (Phi) is 9.30. The summed E-state index contributed by atoms with van der Waals surface area (Å²) in [6.45, 7) is 15.2. The van der Waals surface area contributed by atoms with E-state index in [9.17, 15) is 15.3 Å². The van der Waals surface area contributed by atoms with Crippen LogP contribution in [0.2, 0.25) is 57.9 Å². The van der Waals surface area contributed by atoms with Crippen molar-refractivity contribution in [2.24, 2.45) is 0 Å². The van der Waals surface area contributed by atoms with Crippen LogP contribution in [0.5, 0.6) is 0 Å². The van der Waals surface area contributed by atoms with Crippen molar-refractivity contribution in [3.8, 4) is 0 Å². The Bertz CT molecular complexity index is 315. The summed E-state index contributed by atoms with van der Waals surface area (Å²) in [7, 11) is -3.95. The molecule has 3 atom stereocenters. The van der Waals surface area contributed by atoms with Crippen molar-refractivity contribution < 1.29 is 19.4 Å². The Morgan fingerprint density at radius 1 is 1.09 bits per heavy atom. The Hall–Kier alpha value is 0.491. The molecule has 0 aliphatic heterocycles. The lowest BCUT2D eigenvalue weighted by atomic mass is 9.89. The molecule has 0 rings (SSSR count). The quantitative estimate of drug-likeness (QED) is 0.492. The fourth-order valence-corrected chi connectivity index (χ4v) is 9.84. The molecule has 0 bridgehead atoms.